The summed E-state index contributed by atoms with van der Waals surface area (Å²) < 4.78 is 2.35. The lowest BCUT2D eigenvalue weighted by molar-refractivity contribution is 0.306. The Morgan fingerprint density at radius 2 is 2.05 bits per heavy atom. The molecule has 106 valence electrons. The predicted molar refractivity (Wildman–Crippen MR) is 75.9 cm³/mol. The smallest absolute Gasteiger partial charge is 0.139 e. The van der Waals surface area contributed by atoms with E-state index < -0.39 is 0 Å². The van der Waals surface area contributed by atoms with Gasteiger partial charge in [-0.15, -0.1) is 10.2 Å². The van der Waals surface area contributed by atoms with Crippen molar-refractivity contribution in [2.45, 2.75) is 76.8 Å². The molecule has 1 aliphatic carbocycles. The molecule has 3 rings (SSSR count). The Balaban J connectivity index is 1.97. The highest BCUT2D eigenvalue weighted by molar-refractivity contribution is 5.15. The van der Waals surface area contributed by atoms with Crippen LogP contribution in [-0.2, 0) is 18.4 Å². The number of nitrogens with two attached hydrogens (primary N) is 1. The molecule has 2 N–H and O–H groups in total. The Morgan fingerprint density at radius 1 is 1.32 bits per heavy atom. The van der Waals surface area contributed by atoms with Gasteiger partial charge in [-0.3, -0.25) is 0 Å². The minimum absolute atomic E-state index is 0.274. The minimum atomic E-state index is 0.274. The third kappa shape index (κ3) is 2.31. The van der Waals surface area contributed by atoms with Gasteiger partial charge in [0.15, 0.2) is 0 Å². The number of rotatable bonds is 3. The van der Waals surface area contributed by atoms with Gasteiger partial charge in [0.05, 0.1) is 0 Å². The van der Waals surface area contributed by atoms with Crippen molar-refractivity contribution >= 4 is 0 Å². The van der Waals surface area contributed by atoms with Crippen LogP contribution in [0.3, 0.4) is 0 Å². The molecule has 0 aromatic carbocycles. The van der Waals surface area contributed by atoms with Crippen LogP contribution < -0.4 is 5.73 Å². The average Bonchev–Trinajstić information content (AvgIpc) is 2.95. The second kappa shape index (κ2) is 4.89. The van der Waals surface area contributed by atoms with E-state index >= 15 is 0 Å². The van der Waals surface area contributed by atoms with Crippen LogP contribution in [0.15, 0.2) is 0 Å². The summed E-state index contributed by atoms with van der Waals surface area (Å²) in [5.41, 5.74) is 6.42. The average molecular weight is 262 g/mol. The summed E-state index contributed by atoms with van der Waals surface area (Å²) in [5, 5.41) is 9.04. The molecule has 1 aliphatic heterocycles. The number of nitrogens with zero attached hydrogens (tertiary/aromatic N) is 3. The van der Waals surface area contributed by atoms with E-state index in [-0.39, 0.29) is 11.5 Å². The van der Waals surface area contributed by atoms with Gasteiger partial charge < -0.3 is 10.3 Å². The number of hydrogen-bond donors (Lipinski definition) is 1. The summed E-state index contributed by atoms with van der Waals surface area (Å²) in [6.07, 6.45) is 8.50. The first-order chi connectivity index (χ1) is 9.11. The first-order valence-electron chi connectivity index (χ1n) is 7.79. The molecule has 0 saturated heterocycles. The summed E-state index contributed by atoms with van der Waals surface area (Å²) in [7, 11) is 0. The first kappa shape index (κ1) is 13.1. The van der Waals surface area contributed by atoms with Crippen LogP contribution in [0.1, 0.15) is 64.0 Å². The summed E-state index contributed by atoms with van der Waals surface area (Å²) in [6, 6.07) is 0.278. The normalized spacial score (nSPS) is 25.8. The Bertz CT molecular complexity index is 443. The standard InChI is InChI=1S/C15H26N4/c1-11(2)9-15(7-3-4-8-15)14-18-17-13-6-5-12(16)10-19(13)14/h11-12H,3-10,16H2,1-2H3. The topological polar surface area (TPSA) is 56.7 Å². The van der Waals surface area contributed by atoms with Crippen molar-refractivity contribution in [2.24, 2.45) is 11.7 Å². The quantitative estimate of drug-likeness (QED) is 0.910. The molecule has 1 atom stereocenters. The molecule has 0 bridgehead atoms. The van der Waals surface area contributed by atoms with Crippen LogP contribution >= 0.6 is 0 Å². The maximum absolute atomic E-state index is 6.14. The Kier molecular flexibility index (Phi) is 3.37. The van der Waals surface area contributed by atoms with E-state index in [4.69, 9.17) is 5.73 Å². The third-order valence-electron chi connectivity index (χ3n) is 4.82. The highest BCUT2D eigenvalue weighted by Gasteiger charge is 2.41. The summed E-state index contributed by atoms with van der Waals surface area (Å²) in [5.74, 6) is 3.11. The van der Waals surface area contributed by atoms with E-state index in [9.17, 15) is 0 Å². The van der Waals surface area contributed by atoms with Crippen molar-refractivity contribution in [1.29, 1.82) is 0 Å². The monoisotopic (exact) mass is 262 g/mol. The summed E-state index contributed by atoms with van der Waals surface area (Å²) in [6.45, 7) is 5.55. The fraction of sp³-hybridized carbons (Fsp3) is 0.867. The van der Waals surface area contributed by atoms with Crippen molar-refractivity contribution < 1.29 is 0 Å². The van der Waals surface area contributed by atoms with E-state index in [2.05, 4.69) is 28.6 Å². The van der Waals surface area contributed by atoms with Gasteiger partial charge in [0.25, 0.3) is 0 Å². The van der Waals surface area contributed by atoms with E-state index in [1.54, 1.807) is 0 Å². The van der Waals surface area contributed by atoms with Crippen LogP contribution in [0, 0.1) is 5.92 Å². The van der Waals surface area contributed by atoms with Gasteiger partial charge in [0, 0.05) is 24.4 Å². The van der Waals surface area contributed by atoms with Crippen molar-refractivity contribution in [3.05, 3.63) is 11.6 Å². The largest absolute Gasteiger partial charge is 0.326 e. The molecule has 1 unspecified atom stereocenters. The van der Waals surface area contributed by atoms with Gasteiger partial charge in [0.2, 0.25) is 0 Å². The lowest BCUT2D eigenvalue weighted by Gasteiger charge is -2.32. The number of fused-ring (bicyclic) bond motifs is 1. The molecule has 19 heavy (non-hydrogen) atoms. The van der Waals surface area contributed by atoms with E-state index in [1.165, 1.54) is 37.9 Å². The van der Waals surface area contributed by atoms with Crippen LogP contribution in [0.4, 0.5) is 0 Å². The molecular formula is C15H26N4. The van der Waals surface area contributed by atoms with Gasteiger partial charge >= 0.3 is 0 Å². The third-order valence-corrected chi connectivity index (χ3v) is 4.82. The SMILES string of the molecule is CC(C)CC1(c2nnc3n2CC(N)CC3)CCCC1. The fourth-order valence-corrected chi connectivity index (χ4v) is 4.10. The highest BCUT2D eigenvalue weighted by Crippen LogP contribution is 2.45. The highest BCUT2D eigenvalue weighted by atomic mass is 15.3. The Hall–Kier alpha value is -0.900. The maximum atomic E-state index is 6.14. The van der Waals surface area contributed by atoms with E-state index in [1.807, 2.05) is 0 Å². The zero-order valence-corrected chi connectivity index (χ0v) is 12.2. The van der Waals surface area contributed by atoms with Gasteiger partial charge in [-0.05, 0) is 31.6 Å². The van der Waals surface area contributed by atoms with Gasteiger partial charge in [-0.25, -0.2) is 0 Å². The van der Waals surface area contributed by atoms with Crippen molar-refractivity contribution in [3.63, 3.8) is 0 Å². The molecule has 1 aromatic heterocycles. The van der Waals surface area contributed by atoms with Crippen LogP contribution in [-0.4, -0.2) is 20.8 Å². The molecule has 1 fully saturated rings. The zero-order chi connectivity index (χ0) is 13.5. The maximum Gasteiger partial charge on any atom is 0.139 e. The lowest BCUT2D eigenvalue weighted by Crippen LogP contribution is -2.36. The zero-order valence-electron chi connectivity index (χ0n) is 12.2. The number of aryl methyl sites for hydroxylation is 1. The second-order valence-electron chi connectivity index (χ2n) is 6.93. The molecule has 0 radical (unpaired) electrons. The molecule has 1 saturated carbocycles. The molecule has 4 heteroatoms. The molecule has 2 heterocycles. The van der Waals surface area contributed by atoms with Crippen molar-refractivity contribution in [2.75, 3.05) is 0 Å². The van der Waals surface area contributed by atoms with Gasteiger partial charge in [0.1, 0.15) is 11.6 Å². The number of hydrogen-bond acceptors (Lipinski definition) is 3. The molecular weight excluding hydrogens is 236 g/mol. The van der Waals surface area contributed by atoms with Crippen molar-refractivity contribution in [3.8, 4) is 0 Å². The van der Waals surface area contributed by atoms with Crippen LogP contribution in [0.25, 0.3) is 0 Å². The molecule has 4 nitrogen and oxygen atoms in total. The van der Waals surface area contributed by atoms with E-state index in [0.717, 1.165) is 25.2 Å². The van der Waals surface area contributed by atoms with Crippen LogP contribution in [0.5, 0.6) is 0 Å². The Labute approximate surface area is 115 Å². The van der Waals surface area contributed by atoms with Crippen LogP contribution in [0.2, 0.25) is 0 Å². The fourth-order valence-electron chi connectivity index (χ4n) is 4.10. The molecule has 2 aliphatic rings. The molecule has 0 spiro atoms. The minimum Gasteiger partial charge on any atom is -0.326 e. The second-order valence-corrected chi connectivity index (χ2v) is 6.93. The van der Waals surface area contributed by atoms with E-state index in [0.29, 0.717) is 5.92 Å². The number of aromatic nitrogens is 3. The van der Waals surface area contributed by atoms with Crippen molar-refractivity contribution in [1.82, 2.24) is 14.8 Å². The predicted octanol–water partition coefficient (Wildman–Crippen LogP) is 2.41. The summed E-state index contributed by atoms with van der Waals surface area (Å²) >= 11 is 0. The van der Waals surface area contributed by atoms with Gasteiger partial charge in [-0.1, -0.05) is 26.7 Å². The molecule has 0 amide bonds. The summed E-state index contributed by atoms with van der Waals surface area (Å²) in [4.78, 5) is 0. The lowest BCUT2D eigenvalue weighted by atomic mass is 9.77. The first-order valence-corrected chi connectivity index (χ1v) is 7.79. The van der Waals surface area contributed by atoms with Gasteiger partial charge in [-0.2, -0.15) is 0 Å². The molecule has 1 aromatic rings. The Morgan fingerprint density at radius 3 is 2.74 bits per heavy atom.